The number of aliphatic carboxylic acids is 2. The molecular formula is C95H200Cl2N8O12. The third-order valence-electron chi connectivity index (χ3n) is 21.4. The van der Waals surface area contributed by atoms with Crippen molar-refractivity contribution in [2.24, 2.45) is 11.8 Å². The summed E-state index contributed by atoms with van der Waals surface area (Å²) in [4.78, 5) is 75.2. The molecule has 2 unspecified atom stereocenters. The molecule has 0 aliphatic rings. The average Bonchev–Trinajstić information content (AvgIpc) is 0.928. The van der Waals surface area contributed by atoms with Crippen molar-refractivity contribution >= 4 is 35.8 Å². The smallest absolute Gasteiger partial charge is 0.307 e. The molecule has 0 bridgehead atoms. The number of hydrogen-bond acceptors (Lipinski definition) is 16. The lowest BCUT2D eigenvalue weighted by atomic mass is 10.0. The number of unbranched alkanes of at least 4 members (excludes halogenated alkanes) is 20. The van der Waals surface area contributed by atoms with Crippen LogP contribution in [0.2, 0.25) is 0 Å². The second-order valence-electron chi connectivity index (χ2n) is 33.3. The molecule has 20 nitrogen and oxygen atoms in total. The maximum Gasteiger partial charge on any atom is 0.307 e. The molecule has 2 atom stereocenters. The zero-order valence-corrected chi connectivity index (χ0v) is 82.2. The van der Waals surface area contributed by atoms with Crippen LogP contribution < -0.4 is 60.4 Å². The van der Waals surface area contributed by atoms with Crippen molar-refractivity contribution in [3.05, 3.63) is 0 Å². The quantitative estimate of drug-likeness (QED) is 0.0166. The number of esters is 4. The molecule has 0 radical (unpaired) electrons. The highest BCUT2D eigenvalue weighted by Gasteiger charge is 2.19. The fourth-order valence-corrected chi connectivity index (χ4v) is 13.5. The predicted molar refractivity (Wildman–Crippen MR) is 483 cm³/mol. The fourth-order valence-electron chi connectivity index (χ4n) is 13.5. The summed E-state index contributed by atoms with van der Waals surface area (Å²) in [6, 6.07) is 0. The summed E-state index contributed by atoms with van der Waals surface area (Å²) in [6.45, 7) is 58.9. The van der Waals surface area contributed by atoms with Gasteiger partial charge in [0, 0.05) is 90.0 Å². The molecule has 0 aromatic carbocycles. The van der Waals surface area contributed by atoms with Crippen LogP contribution in [0, 0.1) is 11.8 Å². The summed E-state index contributed by atoms with van der Waals surface area (Å²) >= 11 is 0. The maximum absolute atomic E-state index is 12.2. The van der Waals surface area contributed by atoms with Crippen molar-refractivity contribution in [1.82, 2.24) is 20.4 Å². The van der Waals surface area contributed by atoms with Gasteiger partial charge in [-0.3, -0.25) is 19.2 Å². The number of carbonyl (C=O) groups excluding carboxylic acids is 6. The van der Waals surface area contributed by atoms with Gasteiger partial charge in [0.2, 0.25) is 0 Å². The van der Waals surface area contributed by atoms with Gasteiger partial charge in [0.25, 0.3) is 0 Å². The summed E-state index contributed by atoms with van der Waals surface area (Å²) in [7, 11) is 6.11. The SMILES string of the molecule is CC(=O)[O-].CC(=O)[O-].CCCCC(CC)COC(=O)CCN(CCCC)CCC[N+](C)(C)CCCC.CCCCC(CC)COC(=O)CCNCCC[NH+](CCCC)CCCC.CCCCCCCCCCCCOC(=O)CCN(CCCC)CCC[NH+](CCCC)CCCC.CCCC[NH+](CCCC)CCCNCCC(=O)OC.[Cl-].[Cl-]. The van der Waals surface area contributed by atoms with E-state index in [1.165, 1.54) is 317 Å². The van der Waals surface area contributed by atoms with Crippen molar-refractivity contribution in [3.8, 4) is 0 Å². The van der Waals surface area contributed by atoms with E-state index in [1.807, 2.05) is 0 Å². The number of methoxy groups -OCH3 is 1. The zero-order chi connectivity index (χ0) is 87.3. The molecule has 0 amide bonds. The van der Waals surface area contributed by atoms with E-state index in [0.29, 0.717) is 57.3 Å². The summed E-state index contributed by atoms with van der Waals surface area (Å²) in [5.41, 5.74) is 0. The van der Waals surface area contributed by atoms with E-state index in [0.717, 1.165) is 103 Å². The van der Waals surface area contributed by atoms with Crippen LogP contribution in [0.4, 0.5) is 0 Å². The van der Waals surface area contributed by atoms with Crippen LogP contribution in [-0.2, 0) is 47.7 Å². The second-order valence-corrected chi connectivity index (χ2v) is 33.3. The fraction of sp³-hybridized carbons (Fsp3) is 0.937. The second kappa shape index (κ2) is 105. The van der Waals surface area contributed by atoms with Gasteiger partial charge in [0.1, 0.15) is 0 Å². The molecule has 0 heterocycles. The number of nitrogens with zero attached hydrogens (tertiary/aromatic N) is 3. The maximum atomic E-state index is 12.2. The number of quaternary nitrogens is 4. The lowest BCUT2D eigenvalue weighted by Crippen LogP contribution is -3.12. The number of nitrogens with one attached hydrogen (secondary N) is 5. The third kappa shape index (κ3) is 111. The molecule has 0 saturated carbocycles. The first-order valence-electron chi connectivity index (χ1n) is 48.5. The first-order valence-corrected chi connectivity index (χ1v) is 48.5. The number of hydrogen-bond donors (Lipinski definition) is 5. The highest BCUT2D eigenvalue weighted by atomic mass is 35.5. The molecular weight excluding hydrogens is 1520 g/mol. The molecule has 706 valence electrons. The molecule has 0 aromatic rings. The van der Waals surface area contributed by atoms with E-state index < -0.39 is 11.9 Å². The van der Waals surface area contributed by atoms with Crippen molar-refractivity contribution in [2.75, 3.05) is 178 Å². The number of carboxylic acids is 2. The topological polar surface area (TPSA) is 229 Å². The largest absolute Gasteiger partial charge is 1.00 e. The van der Waals surface area contributed by atoms with Gasteiger partial charge >= 0.3 is 23.9 Å². The molecule has 0 fully saturated rings. The summed E-state index contributed by atoms with van der Waals surface area (Å²) in [6.07, 6.45) is 52.5. The van der Waals surface area contributed by atoms with Crippen LogP contribution in [0.5, 0.6) is 0 Å². The van der Waals surface area contributed by atoms with Gasteiger partial charge in [-0.05, 0) is 116 Å². The molecule has 0 aliphatic carbocycles. The lowest BCUT2D eigenvalue weighted by molar-refractivity contribution is -0.900. The van der Waals surface area contributed by atoms with Crippen molar-refractivity contribution in [3.63, 3.8) is 0 Å². The molecule has 0 saturated heterocycles. The minimum absolute atomic E-state index is 0. The molecule has 0 spiro atoms. The van der Waals surface area contributed by atoms with Crippen LogP contribution in [0.15, 0.2) is 0 Å². The Hall–Kier alpha value is -2.92. The van der Waals surface area contributed by atoms with E-state index >= 15 is 0 Å². The van der Waals surface area contributed by atoms with Crippen molar-refractivity contribution in [2.45, 2.75) is 393 Å². The van der Waals surface area contributed by atoms with Gasteiger partial charge in [-0.15, -0.1) is 0 Å². The number of carboxylic acid groups (broad SMARTS) is 2. The molecule has 22 heteroatoms. The van der Waals surface area contributed by atoms with Crippen molar-refractivity contribution in [1.29, 1.82) is 0 Å². The Morgan fingerprint density at radius 1 is 0.325 bits per heavy atom. The van der Waals surface area contributed by atoms with Gasteiger partial charge in [-0.2, -0.15) is 0 Å². The van der Waals surface area contributed by atoms with Crippen LogP contribution in [-0.4, -0.2) is 229 Å². The monoisotopic (exact) mass is 1720 g/mol. The number of halogens is 2. The molecule has 0 aliphatic heterocycles. The van der Waals surface area contributed by atoms with Gasteiger partial charge in [0.15, 0.2) is 0 Å². The standard InChI is InChI=1S/C30H62N2O2.C24H51N2O2.C22H46N2O2.C15H32N2O2.2C2H4O2.2ClH/c1-5-9-13-14-15-16-17-18-19-20-29-34-30(33)22-28-32(25-12-8-4)27-21-26-31(23-10-6-2)24-11-7-3;1-7-11-15-23(10-4)22-28-24(27)16-19-25(17-12-8-2)18-14-21-26(5,6)20-13-9-3;1-5-9-13-21(8-4)20-26-22(25)14-16-23-15-12-19-24(17-10-6-2)18-11-7-3;1-4-6-12-17(13-7-5-2)14-8-10-16-11-9-15(18)19-3;2*1-2(3)4;;/h5-29H2,1-4H3;23H,7-22H2,1-6H3;21,23H,5-20H2,1-4H3;16H,4-14H2,1-3H3;2*1H3,(H,3,4);2*1H/q;+1;;;;;;/p-1. The number of ether oxygens (including phenoxy) is 4. The Kier molecular flexibility index (Phi) is 117. The van der Waals surface area contributed by atoms with Gasteiger partial charge in [-0.1, -0.05) is 251 Å². The Balaban J connectivity index is -0.000000220. The van der Waals surface area contributed by atoms with Gasteiger partial charge in [-0.25, -0.2) is 0 Å². The summed E-state index contributed by atoms with van der Waals surface area (Å²) in [5, 5.41) is 24.5. The summed E-state index contributed by atoms with van der Waals surface area (Å²) in [5.74, 6) is -1.31. The minimum Gasteiger partial charge on any atom is -1.00 e. The Bertz CT molecular complexity index is 1980. The van der Waals surface area contributed by atoms with Crippen molar-refractivity contribution < 1.29 is 102 Å². The molecule has 117 heavy (non-hydrogen) atoms. The Morgan fingerprint density at radius 3 is 0.949 bits per heavy atom. The molecule has 0 aromatic heterocycles. The van der Waals surface area contributed by atoms with Gasteiger partial charge < -0.3 is 103 Å². The lowest BCUT2D eigenvalue weighted by Gasteiger charge is -2.31. The highest BCUT2D eigenvalue weighted by molar-refractivity contribution is 5.70. The average molecular weight is 1720 g/mol. The van der Waals surface area contributed by atoms with E-state index in [1.54, 1.807) is 14.7 Å². The van der Waals surface area contributed by atoms with Crippen LogP contribution in [0.1, 0.15) is 393 Å². The Morgan fingerprint density at radius 2 is 0.607 bits per heavy atom. The van der Waals surface area contributed by atoms with E-state index in [2.05, 4.69) is 136 Å². The Labute approximate surface area is 737 Å². The van der Waals surface area contributed by atoms with Crippen LogP contribution in [0.3, 0.4) is 0 Å². The third-order valence-corrected chi connectivity index (χ3v) is 21.4. The number of rotatable bonds is 78. The molecule has 5 N–H and O–H groups in total. The van der Waals surface area contributed by atoms with E-state index in [9.17, 15) is 19.2 Å². The minimum atomic E-state index is -1.08. The van der Waals surface area contributed by atoms with E-state index in [4.69, 9.17) is 34.0 Å². The normalized spacial score (nSPS) is 11.5. The zero-order valence-electron chi connectivity index (χ0n) is 80.7. The highest BCUT2D eigenvalue weighted by Crippen LogP contribution is 2.16. The predicted octanol–water partition coefficient (Wildman–Crippen LogP) is 8.46. The number of carbonyl (C=O) groups is 6. The molecule has 0 rings (SSSR count). The first kappa shape index (κ1) is 130. The van der Waals surface area contributed by atoms with Crippen LogP contribution in [0.25, 0.3) is 0 Å². The summed E-state index contributed by atoms with van der Waals surface area (Å²) < 4.78 is 22.3. The van der Waals surface area contributed by atoms with E-state index in [-0.39, 0.29) is 48.7 Å². The van der Waals surface area contributed by atoms with Crippen LogP contribution >= 0.6 is 0 Å². The first-order chi connectivity index (χ1) is 55.4. The van der Waals surface area contributed by atoms with Gasteiger partial charge in [0.05, 0.1) is 139 Å².